The van der Waals surface area contributed by atoms with Crippen LogP contribution in [0.1, 0.15) is 29.2 Å². The third-order valence-corrected chi connectivity index (χ3v) is 3.66. The summed E-state index contributed by atoms with van der Waals surface area (Å²) in [5.41, 5.74) is 5.97. The van der Waals surface area contributed by atoms with E-state index in [2.05, 4.69) is 0 Å². The van der Waals surface area contributed by atoms with Gasteiger partial charge in [-0.3, -0.25) is 4.79 Å². The number of benzene rings is 2. The summed E-state index contributed by atoms with van der Waals surface area (Å²) in [6, 6.07) is 8.83. The number of ether oxygens (including phenoxy) is 2. The minimum Gasteiger partial charge on any atom is -0.493 e. The van der Waals surface area contributed by atoms with E-state index >= 15 is 0 Å². The molecule has 0 spiro atoms. The average Bonchev–Trinajstić information content (AvgIpc) is 2.58. The summed E-state index contributed by atoms with van der Waals surface area (Å²) in [6.45, 7) is -0.0825. The number of rotatable bonds is 7. The van der Waals surface area contributed by atoms with Gasteiger partial charge in [-0.05, 0) is 35.4 Å². The van der Waals surface area contributed by atoms with E-state index in [0.717, 1.165) is 12.1 Å². The van der Waals surface area contributed by atoms with Crippen LogP contribution in [-0.2, 0) is 17.6 Å². The Morgan fingerprint density at radius 2 is 1.92 bits per heavy atom. The summed E-state index contributed by atoms with van der Waals surface area (Å²) in [6.07, 6.45) is -4.66. The fourth-order valence-corrected chi connectivity index (χ4v) is 2.34. The van der Waals surface area contributed by atoms with E-state index in [4.69, 9.17) is 20.3 Å². The van der Waals surface area contributed by atoms with Crippen molar-refractivity contribution in [3.8, 4) is 11.5 Å². The highest BCUT2D eigenvalue weighted by Gasteiger charge is 2.30. The largest absolute Gasteiger partial charge is 0.493 e. The van der Waals surface area contributed by atoms with Gasteiger partial charge in [-0.2, -0.15) is 13.2 Å². The first-order valence-corrected chi connectivity index (χ1v) is 7.65. The van der Waals surface area contributed by atoms with Crippen molar-refractivity contribution in [3.63, 3.8) is 0 Å². The van der Waals surface area contributed by atoms with Crippen molar-refractivity contribution in [3.05, 3.63) is 59.2 Å². The van der Waals surface area contributed by atoms with Gasteiger partial charge in [-0.15, -0.1) is 0 Å². The van der Waals surface area contributed by atoms with Gasteiger partial charge in [0.05, 0.1) is 19.1 Å². The van der Waals surface area contributed by atoms with Gasteiger partial charge in [0, 0.05) is 6.04 Å². The Bertz CT molecular complexity index is 777. The van der Waals surface area contributed by atoms with Crippen LogP contribution in [0.15, 0.2) is 42.5 Å². The molecule has 0 amide bonds. The van der Waals surface area contributed by atoms with Gasteiger partial charge >= 0.3 is 12.1 Å². The van der Waals surface area contributed by atoms with E-state index in [9.17, 15) is 18.0 Å². The molecule has 8 heteroatoms. The maximum absolute atomic E-state index is 12.7. The lowest BCUT2D eigenvalue weighted by atomic mass is 10.0. The average molecular weight is 369 g/mol. The molecule has 0 heterocycles. The number of methoxy groups -OCH3 is 1. The first kappa shape index (κ1) is 19.6. The van der Waals surface area contributed by atoms with Crippen molar-refractivity contribution in [1.82, 2.24) is 0 Å². The zero-order valence-electron chi connectivity index (χ0n) is 13.9. The second-order valence-corrected chi connectivity index (χ2v) is 5.60. The Labute approximate surface area is 148 Å². The van der Waals surface area contributed by atoms with Crippen LogP contribution in [0.5, 0.6) is 11.5 Å². The molecule has 1 atom stereocenters. The van der Waals surface area contributed by atoms with Crippen LogP contribution in [0.2, 0.25) is 0 Å². The number of halogens is 3. The normalized spacial score (nSPS) is 12.5. The molecule has 0 fully saturated rings. The summed E-state index contributed by atoms with van der Waals surface area (Å²) in [4.78, 5) is 10.7. The first-order valence-electron chi connectivity index (χ1n) is 7.65. The monoisotopic (exact) mass is 369 g/mol. The van der Waals surface area contributed by atoms with Crippen molar-refractivity contribution < 1.29 is 32.5 Å². The predicted octanol–water partition coefficient (Wildman–Crippen LogP) is 3.77. The standard InChI is InChI=1S/C18H18F3NO4/c1-25-16-8-12(14(22)9-17(23)24)5-6-15(16)26-10-11-3-2-4-13(7-11)18(19,20)21/h2-8,14H,9-10,22H2,1H3,(H,23,24)/t14-/m0/s1. The molecular weight excluding hydrogens is 351 g/mol. The maximum atomic E-state index is 12.7. The SMILES string of the molecule is COc1cc([C@@H](N)CC(=O)O)ccc1OCc1cccc(C(F)(F)F)c1. The number of aliphatic carboxylic acids is 1. The van der Waals surface area contributed by atoms with E-state index in [1.165, 1.54) is 19.2 Å². The lowest BCUT2D eigenvalue weighted by Gasteiger charge is -2.15. The van der Waals surface area contributed by atoms with Crippen molar-refractivity contribution in [1.29, 1.82) is 0 Å². The number of alkyl halides is 3. The third kappa shape index (κ3) is 5.13. The van der Waals surface area contributed by atoms with Gasteiger partial charge in [-0.1, -0.05) is 18.2 Å². The van der Waals surface area contributed by atoms with Crippen LogP contribution in [0.3, 0.4) is 0 Å². The quantitative estimate of drug-likeness (QED) is 0.776. The van der Waals surface area contributed by atoms with Gasteiger partial charge in [0.15, 0.2) is 11.5 Å². The van der Waals surface area contributed by atoms with Gasteiger partial charge in [0.1, 0.15) is 6.61 Å². The van der Waals surface area contributed by atoms with Crippen LogP contribution in [0.4, 0.5) is 13.2 Å². The zero-order chi connectivity index (χ0) is 19.3. The summed E-state index contributed by atoms with van der Waals surface area (Å²) in [5, 5.41) is 8.80. The Hall–Kier alpha value is -2.74. The van der Waals surface area contributed by atoms with Crippen molar-refractivity contribution in [2.24, 2.45) is 5.73 Å². The molecule has 3 N–H and O–H groups in total. The van der Waals surface area contributed by atoms with Gasteiger partial charge in [0.25, 0.3) is 0 Å². The van der Waals surface area contributed by atoms with Crippen LogP contribution < -0.4 is 15.2 Å². The van der Waals surface area contributed by atoms with E-state index in [-0.39, 0.29) is 13.0 Å². The van der Waals surface area contributed by atoms with Crippen LogP contribution in [0.25, 0.3) is 0 Å². The highest BCUT2D eigenvalue weighted by Crippen LogP contribution is 2.32. The topological polar surface area (TPSA) is 81.8 Å². The van der Waals surface area contributed by atoms with Gasteiger partial charge in [-0.25, -0.2) is 0 Å². The number of carboxylic acid groups (broad SMARTS) is 1. The third-order valence-electron chi connectivity index (χ3n) is 3.66. The molecule has 26 heavy (non-hydrogen) atoms. The Balaban J connectivity index is 2.13. The molecule has 0 bridgehead atoms. The minimum atomic E-state index is -4.42. The number of carbonyl (C=O) groups is 1. The Morgan fingerprint density at radius 1 is 1.19 bits per heavy atom. The highest BCUT2D eigenvalue weighted by molar-refractivity contribution is 5.68. The minimum absolute atomic E-state index is 0.0825. The molecule has 2 rings (SSSR count). The second kappa shape index (κ2) is 8.09. The van der Waals surface area contributed by atoms with Crippen LogP contribution >= 0.6 is 0 Å². The molecule has 2 aromatic carbocycles. The summed E-state index contributed by atoms with van der Waals surface area (Å²) < 4.78 is 49.0. The summed E-state index contributed by atoms with van der Waals surface area (Å²) in [7, 11) is 1.40. The predicted molar refractivity (Wildman–Crippen MR) is 88.0 cm³/mol. The number of hydrogen-bond donors (Lipinski definition) is 2. The van der Waals surface area contributed by atoms with E-state index in [1.807, 2.05) is 0 Å². The number of hydrogen-bond acceptors (Lipinski definition) is 4. The van der Waals surface area contributed by atoms with E-state index in [1.54, 1.807) is 18.2 Å². The fourth-order valence-electron chi connectivity index (χ4n) is 2.34. The van der Waals surface area contributed by atoms with Gasteiger partial charge < -0.3 is 20.3 Å². The summed E-state index contributed by atoms with van der Waals surface area (Å²) in [5.74, 6) is -0.396. The molecule has 0 saturated carbocycles. The van der Waals surface area contributed by atoms with Crippen LogP contribution in [0, 0.1) is 0 Å². The lowest BCUT2D eigenvalue weighted by Crippen LogP contribution is -2.15. The van der Waals surface area contributed by atoms with E-state index in [0.29, 0.717) is 22.6 Å². The van der Waals surface area contributed by atoms with E-state index < -0.39 is 23.8 Å². The molecular formula is C18H18F3NO4. The molecule has 5 nitrogen and oxygen atoms in total. The Morgan fingerprint density at radius 3 is 2.54 bits per heavy atom. The van der Waals surface area contributed by atoms with Crippen LogP contribution in [-0.4, -0.2) is 18.2 Å². The summed E-state index contributed by atoms with van der Waals surface area (Å²) >= 11 is 0. The molecule has 0 aliphatic rings. The molecule has 0 aliphatic heterocycles. The highest BCUT2D eigenvalue weighted by atomic mass is 19.4. The maximum Gasteiger partial charge on any atom is 0.416 e. The molecule has 0 unspecified atom stereocenters. The van der Waals surface area contributed by atoms with Crippen molar-refractivity contribution in [2.45, 2.75) is 25.2 Å². The Kier molecular flexibility index (Phi) is 6.10. The van der Waals surface area contributed by atoms with Gasteiger partial charge in [0.2, 0.25) is 0 Å². The zero-order valence-corrected chi connectivity index (χ0v) is 13.9. The van der Waals surface area contributed by atoms with Crippen molar-refractivity contribution in [2.75, 3.05) is 7.11 Å². The smallest absolute Gasteiger partial charge is 0.416 e. The molecule has 2 aromatic rings. The first-order chi connectivity index (χ1) is 12.2. The molecule has 0 saturated heterocycles. The number of nitrogens with two attached hydrogens (primary N) is 1. The molecule has 0 aromatic heterocycles. The second-order valence-electron chi connectivity index (χ2n) is 5.60. The molecule has 0 aliphatic carbocycles. The fraction of sp³-hybridized carbons (Fsp3) is 0.278. The number of carboxylic acids is 1. The molecule has 140 valence electrons. The van der Waals surface area contributed by atoms with Crippen molar-refractivity contribution >= 4 is 5.97 Å². The molecule has 0 radical (unpaired) electrons. The lowest BCUT2D eigenvalue weighted by molar-refractivity contribution is -0.138.